The summed E-state index contributed by atoms with van der Waals surface area (Å²) in [6.45, 7) is 2.87. The van der Waals surface area contributed by atoms with Crippen molar-refractivity contribution in [1.29, 1.82) is 0 Å². The summed E-state index contributed by atoms with van der Waals surface area (Å²) in [5, 5.41) is 19.1. The number of fused-ring (bicyclic) bond motifs is 1. The molecular weight excluding hydrogens is 514 g/mol. The number of aryl methyl sites for hydroxylation is 1. The number of ether oxygens (including phenoxy) is 3. The highest BCUT2D eigenvalue weighted by Gasteiger charge is 2.33. The van der Waals surface area contributed by atoms with Gasteiger partial charge < -0.3 is 39.8 Å². The van der Waals surface area contributed by atoms with E-state index in [9.17, 15) is 5.11 Å². The molecule has 0 radical (unpaired) electrons. The van der Waals surface area contributed by atoms with Crippen LogP contribution < -0.4 is 30.2 Å². The van der Waals surface area contributed by atoms with Crippen molar-refractivity contribution in [1.82, 2.24) is 29.3 Å². The fourth-order valence-corrected chi connectivity index (χ4v) is 5.70. The lowest BCUT2D eigenvalue weighted by Crippen LogP contribution is -2.38. The number of nitrogens with zero attached hydrogens (tertiary/aromatic N) is 7. The second-order valence-electron chi connectivity index (χ2n) is 10.3. The van der Waals surface area contributed by atoms with E-state index in [-0.39, 0.29) is 24.7 Å². The lowest BCUT2D eigenvalue weighted by molar-refractivity contribution is 0.252. The normalized spacial score (nSPS) is 20.6. The smallest absolute Gasteiger partial charge is 0.232 e. The molecule has 1 saturated heterocycles. The van der Waals surface area contributed by atoms with Gasteiger partial charge in [0.15, 0.2) is 23.0 Å². The van der Waals surface area contributed by atoms with Crippen molar-refractivity contribution in [3.8, 4) is 22.9 Å². The summed E-state index contributed by atoms with van der Waals surface area (Å²) in [7, 11) is 4.74. The summed E-state index contributed by atoms with van der Waals surface area (Å²) in [4.78, 5) is 16.6. The van der Waals surface area contributed by atoms with Crippen molar-refractivity contribution in [3.05, 3.63) is 30.4 Å². The summed E-state index contributed by atoms with van der Waals surface area (Å²) in [5.74, 6) is 3.35. The van der Waals surface area contributed by atoms with Gasteiger partial charge >= 0.3 is 0 Å². The van der Waals surface area contributed by atoms with Gasteiger partial charge in [-0.2, -0.15) is 15.1 Å². The molecule has 1 aromatic carbocycles. The Kier molecular flexibility index (Phi) is 6.84. The van der Waals surface area contributed by atoms with Gasteiger partial charge in [0.25, 0.3) is 0 Å². The summed E-state index contributed by atoms with van der Waals surface area (Å²) in [6, 6.07) is 4.08. The predicted molar refractivity (Wildman–Crippen MR) is 150 cm³/mol. The lowest BCUT2D eigenvalue weighted by atomic mass is 9.88. The number of hydrogen-bond donors (Lipinski definition) is 3. The maximum absolute atomic E-state index is 10.1. The second-order valence-corrected chi connectivity index (χ2v) is 10.3. The van der Waals surface area contributed by atoms with Gasteiger partial charge in [-0.15, -0.1) is 0 Å². The van der Waals surface area contributed by atoms with Crippen LogP contribution >= 0.6 is 0 Å². The number of nitrogens with one attached hydrogen (secondary N) is 1. The molecule has 3 aromatic heterocycles. The molecule has 0 bridgehead atoms. The number of nitrogens with two attached hydrogens (primary N) is 1. The first-order chi connectivity index (χ1) is 19.4. The van der Waals surface area contributed by atoms with Crippen LogP contribution in [0.15, 0.2) is 24.7 Å². The number of aliphatic hydroxyl groups is 1. The van der Waals surface area contributed by atoms with Crippen LogP contribution in [0.1, 0.15) is 37.4 Å². The summed E-state index contributed by atoms with van der Waals surface area (Å²) in [6.07, 6.45) is 7.15. The van der Waals surface area contributed by atoms with Gasteiger partial charge in [0.05, 0.1) is 63.0 Å². The van der Waals surface area contributed by atoms with Crippen LogP contribution in [0.4, 0.5) is 17.6 Å². The van der Waals surface area contributed by atoms with Crippen molar-refractivity contribution in [2.75, 3.05) is 44.7 Å². The zero-order valence-electron chi connectivity index (χ0n) is 23.2. The van der Waals surface area contributed by atoms with E-state index in [0.717, 1.165) is 60.5 Å². The maximum Gasteiger partial charge on any atom is 0.232 e. The minimum absolute atomic E-state index is 0.00469. The molecule has 13 heteroatoms. The SMILES string of the molecule is COc1cc(-n2cnc(Nc3nc(N4CCC[C@H]4CO)c4c(C)nn([C@H]5C[C@H](N)C5)c4n3)c2)cc(OC)c1OC. The topological polar surface area (TPSA) is 151 Å². The molecule has 2 aliphatic rings. The van der Waals surface area contributed by atoms with Crippen LogP contribution in [0.5, 0.6) is 17.2 Å². The Balaban J connectivity index is 1.38. The standard InChI is InChI=1S/C27H35N9O4/c1-15-23-25(35-7-5-6-17(35)13-37)31-27(32-26(23)36(33-15)19-8-16(28)9-19)30-22-12-34(14-29-22)18-10-20(38-2)24(40-4)21(11-18)39-3/h10-12,14,16-17,19,37H,5-9,13,28H2,1-4H3,(H,30,31,32)/t16-,17-,19-/m0/s1. The first-order valence-electron chi connectivity index (χ1n) is 13.4. The van der Waals surface area contributed by atoms with E-state index in [2.05, 4.69) is 15.2 Å². The quantitative estimate of drug-likeness (QED) is 0.283. The molecule has 2 fully saturated rings. The summed E-state index contributed by atoms with van der Waals surface area (Å²) < 4.78 is 20.3. The zero-order chi connectivity index (χ0) is 28.0. The zero-order valence-corrected chi connectivity index (χ0v) is 23.2. The number of methoxy groups -OCH3 is 3. The van der Waals surface area contributed by atoms with E-state index < -0.39 is 0 Å². The predicted octanol–water partition coefficient (Wildman–Crippen LogP) is 2.71. The molecule has 0 spiro atoms. The molecule has 212 valence electrons. The third-order valence-electron chi connectivity index (χ3n) is 7.83. The van der Waals surface area contributed by atoms with Gasteiger partial charge in [0.2, 0.25) is 11.7 Å². The third-order valence-corrected chi connectivity index (χ3v) is 7.83. The van der Waals surface area contributed by atoms with Gasteiger partial charge in [0.1, 0.15) is 12.1 Å². The highest BCUT2D eigenvalue weighted by Crippen LogP contribution is 2.40. The minimum atomic E-state index is 0.00469. The maximum atomic E-state index is 10.1. The molecule has 4 heterocycles. The lowest BCUT2D eigenvalue weighted by Gasteiger charge is -2.32. The Hall–Kier alpha value is -4.10. The monoisotopic (exact) mass is 549 g/mol. The molecule has 6 rings (SSSR count). The average Bonchev–Trinajstić information content (AvgIpc) is 3.69. The minimum Gasteiger partial charge on any atom is -0.493 e. The van der Waals surface area contributed by atoms with E-state index in [1.807, 2.05) is 34.5 Å². The van der Waals surface area contributed by atoms with E-state index >= 15 is 0 Å². The van der Waals surface area contributed by atoms with Gasteiger partial charge in [-0.25, -0.2) is 9.67 Å². The van der Waals surface area contributed by atoms with Gasteiger partial charge in [0, 0.05) is 24.7 Å². The number of rotatable bonds is 9. The Labute approximate surface area is 231 Å². The molecule has 1 atom stereocenters. The highest BCUT2D eigenvalue weighted by atomic mass is 16.5. The Bertz CT molecular complexity index is 1500. The average molecular weight is 550 g/mol. The van der Waals surface area contributed by atoms with E-state index in [1.165, 1.54) is 0 Å². The summed E-state index contributed by atoms with van der Waals surface area (Å²) in [5.41, 5.74) is 8.51. The van der Waals surface area contributed by atoms with Crippen LogP contribution in [0.3, 0.4) is 0 Å². The third kappa shape index (κ3) is 4.44. The van der Waals surface area contributed by atoms with E-state index in [4.69, 9.17) is 35.0 Å². The van der Waals surface area contributed by atoms with Crippen LogP contribution in [-0.2, 0) is 0 Å². The highest BCUT2D eigenvalue weighted by molar-refractivity contribution is 5.91. The van der Waals surface area contributed by atoms with Crippen LogP contribution in [0.2, 0.25) is 0 Å². The van der Waals surface area contributed by atoms with Crippen molar-refractivity contribution in [3.63, 3.8) is 0 Å². The van der Waals surface area contributed by atoms with E-state index in [0.29, 0.717) is 29.0 Å². The number of aliphatic hydroxyl groups excluding tert-OH is 1. The van der Waals surface area contributed by atoms with Crippen molar-refractivity contribution in [2.45, 2.75) is 50.7 Å². The largest absolute Gasteiger partial charge is 0.493 e. The van der Waals surface area contributed by atoms with Gasteiger partial charge in [-0.05, 0) is 32.6 Å². The van der Waals surface area contributed by atoms with Gasteiger partial charge in [-0.1, -0.05) is 0 Å². The van der Waals surface area contributed by atoms with Crippen LogP contribution in [-0.4, -0.2) is 81.0 Å². The Morgan fingerprint density at radius 3 is 2.50 bits per heavy atom. The molecule has 0 amide bonds. The number of anilines is 3. The number of imidazole rings is 1. The molecule has 4 aromatic rings. The molecule has 40 heavy (non-hydrogen) atoms. The van der Waals surface area contributed by atoms with Crippen molar-refractivity contribution < 1.29 is 19.3 Å². The van der Waals surface area contributed by atoms with E-state index in [1.54, 1.807) is 27.7 Å². The molecule has 4 N–H and O–H groups in total. The van der Waals surface area contributed by atoms with Crippen LogP contribution in [0.25, 0.3) is 16.7 Å². The fraction of sp³-hybridized carbons (Fsp3) is 0.481. The molecule has 13 nitrogen and oxygen atoms in total. The summed E-state index contributed by atoms with van der Waals surface area (Å²) >= 11 is 0. The second kappa shape index (κ2) is 10.5. The van der Waals surface area contributed by atoms with Crippen molar-refractivity contribution in [2.24, 2.45) is 5.73 Å². The Morgan fingerprint density at radius 1 is 1.10 bits per heavy atom. The number of aromatic nitrogens is 6. The molecule has 1 aliphatic heterocycles. The first-order valence-corrected chi connectivity index (χ1v) is 13.4. The van der Waals surface area contributed by atoms with Gasteiger partial charge in [-0.3, -0.25) is 0 Å². The molecule has 1 saturated carbocycles. The molecule has 1 aliphatic carbocycles. The van der Waals surface area contributed by atoms with Crippen LogP contribution in [0, 0.1) is 6.92 Å². The fourth-order valence-electron chi connectivity index (χ4n) is 5.70. The number of benzene rings is 1. The molecular formula is C27H35N9O4. The first kappa shape index (κ1) is 26.1. The van der Waals surface area contributed by atoms with Crippen molar-refractivity contribution >= 4 is 28.6 Å². The Morgan fingerprint density at radius 2 is 1.85 bits per heavy atom. The molecule has 0 unspecified atom stereocenters. The number of hydrogen-bond acceptors (Lipinski definition) is 11.